The summed E-state index contributed by atoms with van der Waals surface area (Å²) in [7, 11) is 6.27. The summed E-state index contributed by atoms with van der Waals surface area (Å²) in [5.41, 5.74) is 1.27. The molecule has 2 rings (SSSR count). The summed E-state index contributed by atoms with van der Waals surface area (Å²) in [6.45, 7) is 7.24. The number of nitrogens with one attached hydrogen (secondary N) is 1. The van der Waals surface area contributed by atoms with Crippen LogP contribution in [0.5, 0.6) is 0 Å². The summed E-state index contributed by atoms with van der Waals surface area (Å²) >= 11 is 0. The summed E-state index contributed by atoms with van der Waals surface area (Å²) < 4.78 is 7.92. The normalized spacial score (nSPS) is 20.2. The highest BCUT2D eigenvalue weighted by Crippen LogP contribution is 2.06. The van der Waals surface area contributed by atoms with E-state index in [0.29, 0.717) is 6.54 Å². The SMILES string of the molecule is CCNC(=NCC1CN(C)CCO1)N(C)Cc1cccn1C. The Labute approximate surface area is 133 Å². The fourth-order valence-corrected chi connectivity index (χ4v) is 2.61. The van der Waals surface area contributed by atoms with Gasteiger partial charge in [-0.25, -0.2) is 0 Å². The third-order valence-corrected chi connectivity index (χ3v) is 3.93. The van der Waals surface area contributed by atoms with Crippen LogP contribution in [0.1, 0.15) is 12.6 Å². The number of aromatic nitrogens is 1. The molecule has 0 saturated carbocycles. The molecule has 0 bridgehead atoms. The Balaban J connectivity index is 1.95. The lowest BCUT2D eigenvalue weighted by atomic mass is 10.3. The molecule has 1 unspecified atom stereocenters. The van der Waals surface area contributed by atoms with Crippen LogP contribution in [0.15, 0.2) is 23.3 Å². The summed E-state index contributed by atoms with van der Waals surface area (Å²) in [5, 5.41) is 3.36. The molecule has 0 radical (unpaired) electrons. The van der Waals surface area contributed by atoms with E-state index in [9.17, 15) is 0 Å². The zero-order chi connectivity index (χ0) is 15.9. The predicted molar refractivity (Wildman–Crippen MR) is 90.1 cm³/mol. The quantitative estimate of drug-likeness (QED) is 0.644. The number of rotatable bonds is 5. The number of nitrogens with zero attached hydrogens (tertiary/aromatic N) is 4. The Kier molecular flexibility index (Phi) is 6.27. The molecule has 1 saturated heterocycles. The maximum absolute atomic E-state index is 5.78. The topological polar surface area (TPSA) is 45.0 Å². The van der Waals surface area contributed by atoms with Crippen LogP contribution < -0.4 is 5.32 Å². The van der Waals surface area contributed by atoms with E-state index < -0.39 is 0 Å². The van der Waals surface area contributed by atoms with Crippen molar-refractivity contribution in [1.29, 1.82) is 0 Å². The molecular weight excluding hydrogens is 278 g/mol. The van der Waals surface area contributed by atoms with E-state index in [-0.39, 0.29) is 6.10 Å². The number of morpholine rings is 1. The number of likely N-dealkylation sites (N-methyl/N-ethyl adjacent to an activating group) is 1. The van der Waals surface area contributed by atoms with Crippen LogP contribution in [0.3, 0.4) is 0 Å². The number of hydrogen-bond acceptors (Lipinski definition) is 3. The molecule has 6 nitrogen and oxygen atoms in total. The minimum Gasteiger partial charge on any atom is -0.374 e. The van der Waals surface area contributed by atoms with Crippen molar-refractivity contribution >= 4 is 5.96 Å². The van der Waals surface area contributed by atoms with Gasteiger partial charge in [0, 0.05) is 45.6 Å². The fourth-order valence-electron chi connectivity index (χ4n) is 2.61. The van der Waals surface area contributed by atoms with Crippen LogP contribution in [-0.2, 0) is 18.3 Å². The highest BCUT2D eigenvalue weighted by atomic mass is 16.5. The number of guanidine groups is 1. The lowest BCUT2D eigenvalue weighted by Crippen LogP contribution is -2.43. The number of aliphatic imine (C=N–C) groups is 1. The van der Waals surface area contributed by atoms with Crippen molar-refractivity contribution < 1.29 is 4.74 Å². The van der Waals surface area contributed by atoms with E-state index in [1.165, 1.54) is 5.69 Å². The lowest BCUT2D eigenvalue weighted by Gasteiger charge is -2.29. The highest BCUT2D eigenvalue weighted by Gasteiger charge is 2.18. The van der Waals surface area contributed by atoms with Gasteiger partial charge in [0.15, 0.2) is 5.96 Å². The molecule has 22 heavy (non-hydrogen) atoms. The fraction of sp³-hybridized carbons (Fsp3) is 0.688. The average molecular weight is 307 g/mol. The van der Waals surface area contributed by atoms with Crippen molar-refractivity contribution in [3.63, 3.8) is 0 Å². The highest BCUT2D eigenvalue weighted by molar-refractivity contribution is 5.79. The molecule has 1 aliphatic heterocycles. The maximum atomic E-state index is 5.78. The first-order valence-corrected chi connectivity index (χ1v) is 8.00. The third kappa shape index (κ3) is 4.74. The summed E-state index contributed by atoms with van der Waals surface area (Å²) in [6, 6.07) is 4.21. The number of aryl methyl sites for hydroxylation is 1. The van der Waals surface area contributed by atoms with Crippen LogP contribution >= 0.6 is 0 Å². The summed E-state index contributed by atoms with van der Waals surface area (Å²) in [6.07, 6.45) is 2.26. The minimum atomic E-state index is 0.191. The van der Waals surface area contributed by atoms with Gasteiger partial charge in [-0.3, -0.25) is 4.99 Å². The van der Waals surface area contributed by atoms with E-state index in [0.717, 1.165) is 38.7 Å². The van der Waals surface area contributed by atoms with Gasteiger partial charge in [0.1, 0.15) is 0 Å². The Hall–Kier alpha value is -1.53. The molecule has 0 aliphatic carbocycles. The van der Waals surface area contributed by atoms with Crippen molar-refractivity contribution in [2.75, 3.05) is 46.9 Å². The largest absolute Gasteiger partial charge is 0.374 e. The van der Waals surface area contributed by atoms with E-state index in [1.807, 2.05) is 0 Å². The van der Waals surface area contributed by atoms with Crippen molar-refractivity contribution in [3.05, 3.63) is 24.0 Å². The van der Waals surface area contributed by atoms with Gasteiger partial charge < -0.3 is 24.4 Å². The Morgan fingerprint density at radius 2 is 2.32 bits per heavy atom. The second-order valence-electron chi connectivity index (χ2n) is 5.92. The van der Waals surface area contributed by atoms with E-state index >= 15 is 0 Å². The van der Waals surface area contributed by atoms with E-state index in [2.05, 4.69) is 66.1 Å². The molecule has 1 fully saturated rings. The third-order valence-electron chi connectivity index (χ3n) is 3.93. The maximum Gasteiger partial charge on any atom is 0.194 e. The molecule has 1 N–H and O–H groups in total. The summed E-state index contributed by atoms with van der Waals surface area (Å²) in [5.74, 6) is 0.931. The van der Waals surface area contributed by atoms with E-state index in [4.69, 9.17) is 9.73 Å². The van der Waals surface area contributed by atoms with Gasteiger partial charge in [-0.05, 0) is 26.1 Å². The Morgan fingerprint density at radius 1 is 1.50 bits per heavy atom. The molecule has 124 valence electrons. The van der Waals surface area contributed by atoms with Crippen LogP contribution in [0.4, 0.5) is 0 Å². The van der Waals surface area contributed by atoms with Gasteiger partial charge in [-0.2, -0.15) is 0 Å². The molecule has 0 aromatic carbocycles. The van der Waals surface area contributed by atoms with Crippen LogP contribution in [-0.4, -0.2) is 73.3 Å². The molecule has 1 aliphatic rings. The van der Waals surface area contributed by atoms with Gasteiger partial charge in [0.25, 0.3) is 0 Å². The molecule has 0 spiro atoms. The van der Waals surface area contributed by atoms with E-state index in [1.54, 1.807) is 0 Å². The van der Waals surface area contributed by atoms with Gasteiger partial charge in [0.2, 0.25) is 0 Å². The van der Waals surface area contributed by atoms with Gasteiger partial charge >= 0.3 is 0 Å². The standard InChI is InChI=1S/C16H29N5O/c1-5-17-16(18-11-15-13-19(2)9-10-22-15)21(4)12-14-7-6-8-20(14)3/h6-8,15H,5,9-13H2,1-4H3,(H,17,18). The zero-order valence-electron chi connectivity index (χ0n) is 14.2. The Morgan fingerprint density at radius 3 is 2.95 bits per heavy atom. The van der Waals surface area contributed by atoms with Crippen LogP contribution in [0, 0.1) is 0 Å². The van der Waals surface area contributed by atoms with Gasteiger partial charge in [0.05, 0.1) is 25.8 Å². The monoisotopic (exact) mass is 307 g/mol. The molecule has 2 heterocycles. The first-order chi connectivity index (χ1) is 10.6. The second kappa shape index (κ2) is 8.19. The Bertz CT molecular complexity index is 485. The minimum absolute atomic E-state index is 0.191. The first-order valence-electron chi connectivity index (χ1n) is 8.00. The molecule has 1 aromatic rings. The van der Waals surface area contributed by atoms with Crippen molar-refractivity contribution in [3.8, 4) is 0 Å². The zero-order valence-corrected chi connectivity index (χ0v) is 14.2. The van der Waals surface area contributed by atoms with Crippen molar-refractivity contribution in [2.45, 2.75) is 19.6 Å². The summed E-state index contributed by atoms with van der Waals surface area (Å²) in [4.78, 5) is 9.21. The number of ether oxygens (including phenoxy) is 1. The molecule has 1 atom stereocenters. The molecule has 1 aromatic heterocycles. The van der Waals surface area contributed by atoms with Gasteiger partial charge in [-0.15, -0.1) is 0 Å². The molecule has 6 heteroatoms. The molecule has 0 amide bonds. The smallest absolute Gasteiger partial charge is 0.194 e. The number of hydrogen-bond donors (Lipinski definition) is 1. The van der Waals surface area contributed by atoms with Gasteiger partial charge in [-0.1, -0.05) is 0 Å². The van der Waals surface area contributed by atoms with Crippen molar-refractivity contribution in [2.24, 2.45) is 12.0 Å². The molecular formula is C16H29N5O. The van der Waals surface area contributed by atoms with Crippen LogP contribution in [0.25, 0.3) is 0 Å². The average Bonchev–Trinajstić information content (AvgIpc) is 2.88. The first kappa shape index (κ1) is 16.8. The lowest BCUT2D eigenvalue weighted by molar-refractivity contribution is -0.0137. The predicted octanol–water partition coefficient (Wildman–Crippen LogP) is 0.753. The second-order valence-corrected chi connectivity index (χ2v) is 5.92. The van der Waals surface area contributed by atoms with Crippen LogP contribution in [0.2, 0.25) is 0 Å². The van der Waals surface area contributed by atoms with Crippen molar-refractivity contribution in [1.82, 2.24) is 19.7 Å².